The second-order valence-electron chi connectivity index (χ2n) is 6.50. The number of rotatable bonds is 4. The van der Waals surface area contributed by atoms with E-state index >= 15 is 0 Å². The Kier molecular flexibility index (Phi) is 6.10. The summed E-state index contributed by atoms with van der Waals surface area (Å²) in [6, 6.07) is 8.50. The molecule has 2 rings (SSSR count). The van der Waals surface area contributed by atoms with Crippen molar-refractivity contribution in [2.45, 2.75) is 26.3 Å². The summed E-state index contributed by atoms with van der Waals surface area (Å²) >= 11 is 1.17. The Morgan fingerprint density at radius 2 is 1.73 bits per heavy atom. The molecule has 0 fully saturated rings. The maximum Gasteiger partial charge on any atom is 0.348 e. The van der Waals surface area contributed by atoms with Gasteiger partial charge in [0.1, 0.15) is 10.7 Å². The molecule has 0 radical (unpaired) electrons. The molecule has 0 atom stereocenters. The number of benzene rings is 1. The average Bonchev–Trinajstić information content (AvgIpc) is 3.01. The highest BCUT2D eigenvalue weighted by Gasteiger charge is 2.18. The molecular formula is C18H19FN2O4S. The van der Waals surface area contributed by atoms with Gasteiger partial charge in [0.2, 0.25) is 0 Å². The van der Waals surface area contributed by atoms with Gasteiger partial charge in [-0.05, 0) is 50.6 Å². The van der Waals surface area contributed by atoms with Crippen molar-refractivity contribution in [3.8, 4) is 10.4 Å². The second kappa shape index (κ2) is 8.09. The average molecular weight is 378 g/mol. The standard InChI is InChI=1S/C18H19FN2O4S/c1-18(2,3)21-17(24)20-15(22)10-25-16(23)14-9-8-13(26-14)11-4-6-12(19)7-5-11/h4-9H,10H2,1-3H3,(H2,20,21,22,24). The minimum absolute atomic E-state index is 0.302. The molecule has 1 heterocycles. The molecule has 0 unspecified atom stereocenters. The van der Waals surface area contributed by atoms with Crippen LogP contribution in [0, 0.1) is 5.82 Å². The maximum absolute atomic E-state index is 13.0. The van der Waals surface area contributed by atoms with Crippen LogP contribution in [0.2, 0.25) is 0 Å². The number of nitrogens with one attached hydrogen (secondary N) is 2. The van der Waals surface area contributed by atoms with Gasteiger partial charge in [-0.3, -0.25) is 10.1 Å². The van der Waals surface area contributed by atoms with E-state index in [-0.39, 0.29) is 5.82 Å². The zero-order valence-electron chi connectivity index (χ0n) is 14.6. The minimum atomic E-state index is -0.726. The van der Waals surface area contributed by atoms with E-state index in [1.807, 2.05) is 0 Å². The number of thiophene rings is 1. The van der Waals surface area contributed by atoms with Crippen LogP contribution in [0.4, 0.5) is 9.18 Å². The third-order valence-electron chi connectivity index (χ3n) is 3.01. The topological polar surface area (TPSA) is 84.5 Å². The van der Waals surface area contributed by atoms with Crippen LogP contribution in [0.15, 0.2) is 36.4 Å². The van der Waals surface area contributed by atoms with E-state index in [0.29, 0.717) is 4.88 Å². The molecule has 0 aliphatic rings. The fourth-order valence-electron chi connectivity index (χ4n) is 1.95. The normalized spacial score (nSPS) is 10.9. The van der Waals surface area contributed by atoms with Gasteiger partial charge in [0.15, 0.2) is 6.61 Å². The third kappa shape index (κ3) is 5.96. The highest BCUT2D eigenvalue weighted by atomic mass is 32.1. The van der Waals surface area contributed by atoms with Crippen molar-refractivity contribution >= 4 is 29.2 Å². The van der Waals surface area contributed by atoms with Crippen LogP contribution in [0.1, 0.15) is 30.4 Å². The molecule has 0 aliphatic carbocycles. The molecule has 1 aromatic heterocycles. The summed E-state index contributed by atoms with van der Waals surface area (Å²) < 4.78 is 17.9. The number of halogens is 1. The monoisotopic (exact) mass is 378 g/mol. The number of ether oxygens (including phenoxy) is 1. The van der Waals surface area contributed by atoms with E-state index in [2.05, 4.69) is 10.6 Å². The number of esters is 1. The van der Waals surface area contributed by atoms with Crippen LogP contribution in [0.5, 0.6) is 0 Å². The van der Waals surface area contributed by atoms with Crippen molar-refractivity contribution < 1.29 is 23.5 Å². The zero-order chi connectivity index (χ0) is 19.3. The van der Waals surface area contributed by atoms with E-state index in [4.69, 9.17) is 4.74 Å². The van der Waals surface area contributed by atoms with E-state index < -0.39 is 30.1 Å². The lowest BCUT2D eigenvalue weighted by Crippen LogP contribution is -2.49. The summed E-state index contributed by atoms with van der Waals surface area (Å²) in [7, 11) is 0. The molecule has 2 N–H and O–H groups in total. The van der Waals surface area contributed by atoms with Crippen molar-refractivity contribution in [2.75, 3.05) is 6.61 Å². The highest BCUT2D eigenvalue weighted by Crippen LogP contribution is 2.28. The predicted molar refractivity (Wildman–Crippen MR) is 96.4 cm³/mol. The summed E-state index contributed by atoms with van der Waals surface area (Å²) in [5.74, 6) is -1.74. The Labute approximate surface area is 154 Å². The maximum atomic E-state index is 13.0. The van der Waals surface area contributed by atoms with Crippen LogP contribution in [-0.4, -0.2) is 30.1 Å². The number of carbonyl (C=O) groups is 3. The summed E-state index contributed by atoms with van der Waals surface area (Å²) in [4.78, 5) is 36.3. The SMILES string of the molecule is CC(C)(C)NC(=O)NC(=O)COC(=O)c1ccc(-c2ccc(F)cc2)s1. The summed E-state index contributed by atoms with van der Waals surface area (Å²) in [5, 5.41) is 4.64. The van der Waals surface area contributed by atoms with Gasteiger partial charge >= 0.3 is 12.0 Å². The summed E-state index contributed by atoms with van der Waals surface area (Å²) in [5.41, 5.74) is 0.279. The van der Waals surface area contributed by atoms with Crippen LogP contribution >= 0.6 is 11.3 Å². The number of imide groups is 1. The number of amides is 3. The van der Waals surface area contributed by atoms with E-state index in [1.165, 1.54) is 23.5 Å². The lowest BCUT2D eigenvalue weighted by atomic mass is 10.1. The van der Waals surface area contributed by atoms with Crippen molar-refractivity contribution in [3.63, 3.8) is 0 Å². The molecule has 138 valence electrons. The summed E-state index contributed by atoms with van der Waals surface area (Å²) in [6.07, 6.45) is 0. The zero-order valence-corrected chi connectivity index (χ0v) is 15.4. The fourth-order valence-corrected chi connectivity index (χ4v) is 2.86. The first-order valence-corrected chi connectivity index (χ1v) is 8.60. The van der Waals surface area contributed by atoms with Crippen molar-refractivity contribution in [1.82, 2.24) is 10.6 Å². The predicted octanol–water partition coefficient (Wildman–Crippen LogP) is 3.34. The molecule has 0 saturated carbocycles. The van der Waals surface area contributed by atoms with E-state index in [1.54, 1.807) is 45.0 Å². The molecule has 6 nitrogen and oxygen atoms in total. The van der Waals surface area contributed by atoms with Crippen LogP contribution < -0.4 is 10.6 Å². The molecule has 0 saturated heterocycles. The second-order valence-corrected chi connectivity index (χ2v) is 7.58. The summed E-state index contributed by atoms with van der Waals surface area (Å²) in [6.45, 7) is 4.74. The van der Waals surface area contributed by atoms with Crippen LogP contribution in [-0.2, 0) is 9.53 Å². The van der Waals surface area contributed by atoms with Crippen molar-refractivity contribution in [3.05, 3.63) is 47.1 Å². The van der Waals surface area contributed by atoms with Gasteiger partial charge < -0.3 is 10.1 Å². The first kappa shape index (κ1) is 19.6. The van der Waals surface area contributed by atoms with Crippen molar-refractivity contribution in [2.24, 2.45) is 0 Å². The largest absolute Gasteiger partial charge is 0.451 e. The van der Waals surface area contributed by atoms with Gasteiger partial charge in [-0.1, -0.05) is 12.1 Å². The van der Waals surface area contributed by atoms with E-state index in [9.17, 15) is 18.8 Å². The molecule has 0 spiro atoms. The molecule has 26 heavy (non-hydrogen) atoms. The van der Waals surface area contributed by atoms with Crippen LogP contribution in [0.25, 0.3) is 10.4 Å². The van der Waals surface area contributed by atoms with Gasteiger partial charge in [0.25, 0.3) is 5.91 Å². The minimum Gasteiger partial charge on any atom is -0.451 e. The number of hydrogen-bond acceptors (Lipinski definition) is 5. The van der Waals surface area contributed by atoms with Gasteiger partial charge in [0, 0.05) is 10.4 Å². The Morgan fingerprint density at radius 3 is 2.35 bits per heavy atom. The number of hydrogen-bond donors (Lipinski definition) is 2. The molecule has 0 bridgehead atoms. The smallest absolute Gasteiger partial charge is 0.348 e. The molecule has 0 aliphatic heterocycles. The molecule has 2 aromatic rings. The highest BCUT2D eigenvalue weighted by molar-refractivity contribution is 7.17. The molecule has 1 aromatic carbocycles. The van der Waals surface area contributed by atoms with Gasteiger partial charge in [-0.15, -0.1) is 11.3 Å². The van der Waals surface area contributed by atoms with E-state index in [0.717, 1.165) is 10.4 Å². The lowest BCUT2D eigenvalue weighted by molar-refractivity contribution is -0.123. The first-order valence-electron chi connectivity index (χ1n) is 7.79. The Morgan fingerprint density at radius 1 is 1.08 bits per heavy atom. The van der Waals surface area contributed by atoms with Crippen LogP contribution in [0.3, 0.4) is 0 Å². The van der Waals surface area contributed by atoms with Gasteiger partial charge in [-0.25, -0.2) is 14.0 Å². The molecule has 3 amide bonds. The Bertz CT molecular complexity index is 809. The molecular weight excluding hydrogens is 359 g/mol. The Balaban J connectivity index is 1.87. The Hall–Kier alpha value is -2.74. The van der Waals surface area contributed by atoms with Gasteiger partial charge in [0.05, 0.1) is 0 Å². The third-order valence-corrected chi connectivity index (χ3v) is 4.13. The number of carbonyl (C=O) groups excluding carboxylic acids is 3. The van der Waals surface area contributed by atoms with Gasteiger partial charge in [-0.2, -0.15) is 0 Å². The number of urea groups is 1. The lowest BCUT2D eigenvalue weighted by Gasteiger charge is -2.20. The van der Waals surface area contributed by atoms with Crippen molar-refractivity contribution in [1.29, 1.82) is 0 Å². The first-order chi connectivity index (χ1) is 12.1. The fraction of sp³-hybridized carbons (Fsp3) is 0.278. The quantitative estimate of drug-likeness (QED) is 0.799. The molecule has 8 heteroatoms.